The van der Waals surface area contributed by atoms with Gasteiger partial charge in [-0.05, 0) is 23.8 Å². The SMILES string of the molecule is CN=C(NCc1ccc(F)cc1)N(C)Cc1ccccc1OC.I. The fraction of sp³-hybridized carbons (Fsp3) is 0.278. The lowest BCUT2D eigenvalue weighted by Crippen LogP contribution is -2.38. The normalized spacial score (nSPS) is 10.8. The molecular formula is C18H23FIN3O. The van der Waals surface area contributed by atoms with E-state index in [1.54, 1.807) is 26.3 Å². The van der Waals surface area contributed by atoms with Gasteiger partial charge in [-0.25, -0.2) is 4.39 Å². The molecule has 0 saturated heterocycles. The van der Waals surface area contributed by atoms with Gasteiger partial charge < -0.3 is 15.0 Å². The van der Waals surface area contributed by atoms with Crippen molar-refractivity contribution in [1.82, 2.24) is 10.2 Å². The maximum atomic E-state index is 12.9. The number of guanidine groups is 1. The van der Waals surface area contributed by atoms with Gasteiger partial charge in [0.15, 0.2) is 5.96 Å². The van der Waals surface area contributed by atoms with Crippen LogP contribution < -0.4 is 10.1 Å². The Morgan fingerprint density at radius 1 is 1.17 bits per heavy atom. The van der Waals surface area contributed by atoms with Crippen LogP contribution in [0, 0.1) is 5.82 Å². The highest BCUT2D eigenvalue weighted by Gasteiger charge is 2.09. The Bertz CT molecular complexity index is 662. The average molecular weight is 443 g/mol. The molecule has 0 radical (unpaired) electrons. The highest BCUT2D eigenvalue weighted by molar-refractivity contribution is 14.0. The number of hydrogen-bond donors (Lipinski definition) is 1. The van der Waals surface area contributed by atoms with Crippen LogP contribution in [0.3, 0.4) is 0 Å². The number of methoxy groups -OCH3 is 1. The van der Waals surface area contributed by atoms with Crippen molar-refractivity contribution in [2.45, 2.75) is 13.1 Å². The maximum absolute atomic E-state index is 12.9. The number of hydrogen-bond acceptors (Lipinski definition) is 2. The van der Waals surface area contributed by atoms with Gasteiger partial charge in [0.2, 0.25) is 0 Å². The van der Waals surface area contributed by atoms with Crippen molar-refractivity contribution in [3.63, 3.8) is 0 Å². The second kappa shape index (κ2) is 10.1. The van der Waals surface area contributed by atoms with E-state index in [4.69, 9.17) is 4.74 Å². The third-order valence-corrected chi connectivity index (χ3v) is 3.54. The summed E-state index contributed by atoms with van der Waals surface area (Å²) < 4.78 is 18.3. The summed E-state index contributed by atoms with van der Waals surface area (Å²) in [4.78, 5) is 6.30. The van der Waals surface area contributed by atoms with Crippen LogP contribution >= 0.6 is 24.0 Å². The largest absolute Gasteiger partial charge is 0.496 e. The summed E-state index contributed by atoms with van der Waals surface area (Å²) in [5.41, 5.74) is 2.08. The molecule has 0 fully saturated rings. The van der Waals surface area contributed by atoms with Gasteiger partial charge in [0.25, 0.3) is 0 Å². The fourth-order valence-electron chi connectivity index (χ4n) is 2.33. The molecule has 0 aliphatic rings. The smallest absolute Gasteiger partial charge is 0.193 e. The second-order valence-corrected chi connectivity index (χ2v) is 5.20. The van der Waals surface area contributed by atoms with E-state index in [0.29, 0.717) is 13.1 Å². The van der Waals surface area contributed by atoms with Crippen LogP contribution in [0.1, 0.15) is 11.1 Å². The summed E-state index contributed by atoms with van der Waals surface area (Å²) in [6, 6.07) is 14.3. The molecule has 2 rings (SSSR count). The molecule has 24 heavy (non-hydrogen) atoms. The molecule has 0 spiro atoms. The Hall–Kier alpha value is -1.83. The van der Waals surface area contributed by atoms with Crippen molar-refractivity contribution in [3.05, 3.63) is 65.5 Å². The third-order valence-electron chi connectivity index (χ3n) is 3.54. The van der Waals surface area contributed by atoms with E-state index < -0.39 is 0 Å². The molecule has 0 saturated carbocycles. The zero-order valence-electron chi connectivity index (χ0n) is 14.1. The molecule has 0 aliphatic carbocycles. The molecule has 6 heteroatoms. The lowest BCUT2D eigenvalue weighted by Gasteiger charge is -2.23. The minimum atomic E-state index is -0.230. The Balaban J connectivity index is 0.00000288. The quantitative estimate of drug-likeness (QED) is 0.436. The first-order valence-electron chi connectivity index (χ1n) is 7.42. The number of benzene rings is 2. The van der Waals surface area contributed by atoms with Gasteiger partial charge in [-0.15, -0.1) is 24.0 Å². The molecule has 2 aromatic rings. The summed E-state index contributed by atoms with van der Waals surface area (Å²) >= 11 is 0. The monoisotopic (exact) mass is 443 g/mol. The molecule has 1 N–H and O–H groups in total. The molecule has 2 aromatic carbocycles. The van der Waals surface area contributed by atoms with Crippen LogP contribution in [0.4, 0.5) is 4.39 Å². The Morgan fingerprint density at radius 2 is 1.83 bits per heavy atom. The lowest BCUT2D eigenvalue weighted by atomic mass is 10.2. The molecular weight excluding hydrogens is 420 g/mol. The molecule has 0 aromatic heterocycles. The second-order valence-electron chi connectivity index (χ2n) is 5.20. The molecule has 0 heterocycles. The van der Waals surface area contributed by atoms with Crippen LogP contribution in [-0.2, 0) is 13.1 Å². The van der Waals surface area contributed by atoms with Gasteiger partial charge in [-0.1, -0.05) is 30.3 Å². The minimum Gasteiger partial charge on any atom is -0.496 e. The number of aliphatic imine (C=N–C) groups is 1. The van der Waals surface area contributed by atoms with E-state index >= 15 is 0 Å². The van der Waals surface area contributed by atoms with Gasteiger partial charge >= 0.3 is 0 Å². The van der Waals surface area contributed by atoms with E-state index in [9.17, 15) is 4.39 Å². The summed E-state index contributed by atoms with van der Waals surface area (Å²) in [6.45, 7) is 1.26. The van der Waals surface area contributed by atoms with E-state index in [0.717, 1.165) is 22.8 Å². The number of ether oxygens (including phenoxy) is 1. The van der Waals surface area contributed by atoms with Crippen molar-refractivity contribution in [3.8, 4) is 5.75 Å². The molecule has 0 aliphatic heterocycles. The van der Waals surface area contributed by atoms with Crippen LogP contribution in [0.5, 0.6) is 5.75 Å². The molecule has 0 bridgehead atoms. The van der Waals surface area contributed by atoms with Gasteiger partial charge in [-0.3, -0.25) is 4.99 Å². The van der Waals surface area contributed by atoms with Crippen molar-refractivity contribution in [2.24, 2.45) is 4.99 Å². The van der Waals surface area contributed by atoms with Crippen molar-refractivity contribution in [1.29, 1.82) is 0 Å². The van der Waals surface area contributed by atoms with E-state index in [2.05, 4.69) is 10.3 Å². The van der Waals surface area contributed by atoms with Crippen LogP contribution in [-0.4, -0.2) is 32.1 Å². The molecule has 0 amide bonds. The predicted octanol–water partition coefficient (Wildman–Crippen LogP) is 3.66. The topological polar surface area (TPSA) is 36.9 Å². The first-order valence-corrected chi connectivity index (χ1v) is 7.42. The van der Waals surface area contributed by atoms with Crippen LogP contribution in [0.2, 0.25) is 0 Å². The summed E-state index contributed by atoms with van der Waals surface area (Å²) in [7, 11) is 5.37. The average Bonchev–Trinajstić information content (AvgIpc) is 2.57. The summed E-state index contributed by atoms with van der Waals surface area (Å²) in [5, 5.41) is 3.28. The number of nitrogens with zero attached hydrogens (tertiary/aromatic N) is 2. The lowest BCUT2D eigenvalue weighted by molar-refractivity contribution is 0.396. The number of rotatable bonds is 5. The van der Waals surface area contributed by atoms with Crippen molar-refractivity contribution >= 4 is 29.9 Å². The first kappa shape index (κ1) is 20.2. The number of nitrogens with one attached hydrogen (secondary N) is 1. The van der Waals surface area contributed by atoms with Gasteiger partial charge in [0.1, 0.15) is 11.6 Å². The van der Waals surface area contributed by atoms with E-state index in [1.165, 1.54) is 12.1 Å². The Morgan fingerprint density at radius 3 is 2.46 bits per heavy atom. The van der Waals surface area contributed by atoms with Gasteiger partial charge in [-0.2, -0.15) is 0 Å². The van der Waals surface area contributed by atoms with Gasteiger partial charge in [0.05, 0.1) is 7.11 Å². The maximum Gasteiger partial charge on any atom is 0.193 e. The van der Waals surface area contributed by atoms with Crippen LogP contribution in [0.25, 0.3) is 0 Å². The Kier molecular flexibility index (Phi) is 8.53. The number of halogens is 2. The summed E-state index contributed by atoms with van der Waals surface area (Å²) in [6.07, 6.45) is 0. The van der Waals surface area contributed by atoms with Crippen LogP contribution in [0.15, 0.2) is 53.5 Å². The zero-order valence-corrected chi connectivity index (χ0v) is 16.5. The standard InChI is InChI=1S/C18H22FN3O.HI/c1-20-18(21-12-14-8-10-16(19)11-9-14)22(2)13-15-6-4-5-7-17(15)23-3;/h4-11H,12-13H2,1-3H3,(H,20,21);1H. The molecule has 0 atom stereocenters. The molecule has 4 nitrogen and oxygen atoms in total. The van der Waals surface area contributed by atoms with Gasteiger partial charge in [0, 0.05) is 32.7 Å². The first-order chi connectivity index (χ1) is 11.1. The highest BCUT2D eigenvalue weighted by atomic mass is 127. The fourth-order valence-corrected chi connectivity index (χ4v) is 2.33. The minimum absolute atomic E-state index is 0. The Labute approximate surface area is 159 Å². The third kappa shape index (κ3) is 5.67. The van der Waals surface area contributed by atoms with Crippen molar-refractivity contribution < 1.29 is 9.13 Å². The zero-order chi connectivity index (χ0) is 16.7. The molecule has 0 unspecified atom stereocenters. The predicted molar refractivity (Wildman–Crippen MR) is 106 cm³/mol. The number of para-hydroxylation sites is 1. The van der Waals surface area contributed by atoms with Crippen molar-refractivity contribution in [2.75, 3.05) is 21.2 Å². The van der Waals surface area contributed by atoms with E-state index in [1.807, 2.05) is 36.2 Å². The highest BCUT2D eigenvalue weighted by Crippen LogP contribution is 2.18. The molecule has 130 valence electrons. The summed E-state index contributed by atoms with van der Waals surface area (Å²) in [5.74, 6) is 1.39. The van der Waals surface area contributed by atoms with E-state index in [-0.39, 0.29) is 29.8 Å².